The van der Waals surface area contributed by atoms with Crippen LogP contribution >= 0.6 is 11.3 Å². The number of anilines is 1. The first kappa shape index (κ1) is 20.4. The first-order valence-electron chi connectivity index (χ1n) is 10.4. The summed E-state index contributed by atoms with van der Waals surface area (Å²) in [6.45, 7) is 0.0374. The summed E-state index contributed by atoms with van der Waals surface area (Å²) in [5.74, 6) is -0.881. The lowest BCUT2D eigenvalue weighted by Crippen LogP contribution is -2.32. The maximum atomic E-state index is 14.3. The summed E-state index contributed by atoms with van der Waals surface area (Å²) in [6, 6.07) is 19.1. The summed E-state index contributed by atoms with van der Waals surface area (Å²) in [4.78, 5) is 32.9. The number of hydrogen-bond acceptors (Lipinski definition) is 5. The van der Waals surface area contributed by atoms with Crippen LogP contribution in [0.25, 0.3) is 21.9 Å². The zero-order valence-corrected chi connectivity index (χ0v) is 18.2. The molecule has 0 unspecified atom stereocenters. The van der Waals surface area contributed by atoms with Gasteiger partial charge in [-0.05, 0) is 36.4 Å². The lowest BCUT2D eigenvalue weighted by atomic mass is 10.1. The van der Waals surface area contributed by atoms with E-state index in [-0.39, 0.29) is 28.4 Å². The number of benzene rings is 3. The van der Waals surface area contributed by atoms with Gasteiger partial charge in [0.2, 0.25) is 4.96 Å². The van der Waals surface area contributed by atoms with Crippen molar-refractivity contribution in [1.82, 2.24) is 14.6 Å². The number of carbonyl (C=O) groups is 1. The molecule has 0 bridgehead atoms. The molecule has 5 aromatic rings. The van der Waals surface area contributed by atoms with Crippen LogP contribution in [0.3, 0.4) is 0 Å². The number of halogens is 2. The molecule has 1 amide bonds. The van der Waals surface area contributed by atoms with Crippen molar-refractivity contribution in [3.8, 4) is 11.4 Å². The normalized spacial score (nSPS) is 14.8. The fraction of sp³-hybridized carbons (Fsp3) is 0.0400. The van der Waals surface area contributed by atoms with E-state index in [0.29, 0.717) is 33.2 Å². The zero-order chi connectivity index (χ0) is 23.4. The third kappa shape index (κ3) is 3.12. The van der Waals surface area contributed by atoms with Gasteiger partial charge in [0.25, 0.3) is 11.5 Å². The Morgan fingerprint density at radius 2 is 1.62 bits per heavy atom. The Kier molecular flexibility index (Phi) is 4.59. The Hall–Kier alpha value is -4.24. The molecule has 6 rings (SSSR count). The van der Waals surface area contributed by atoms with E-state index in [1.54, 1.807) is 42.5 Å². The number of amides is 1. The van der Waals surface area contributed by atoms with E-state index in [4.69, 9.17) is 0 Å². The molecule has 0 aliphatic carbocycles. The van der Waals surface area contributed by atoms with Crippen molar-refractivity contribution in [2.24, 2.45) is 0 Å². The molecule has 3 aromatic carbocycles. The Labute approximate surface area is 195 Å². The lowest BCUT2D eigenvalue weighted by molar-refractivity contribution is -0.113. The van der Waals surface area contributed by atoms with Crippen LogP contribution in [0.5, 0.6) is 0 Å². The molecule has 34 heavy (non-hydrogen) atoms. The fourth-order valence-electron chi connectivity index (χ4n) is 4.06. The molecule has 6 nitrogen and oxygen atoms in total. The summed E-state index contributed by atoms with van der Waals surface area (Å²) in [5, 5.41) is 4.28. The van der Waals surface area contributed by atoms with Crippen molar-refractivity contribution in [1.29, 1.82) is 0 Å². The first-order chi connectivity index (χ1) is 16.5. The standard InChI is InChI=1S/C25H14F2N4O2S/c26-16-11-9-14(10-12-16)22-28-25-31(29-22)24(33)21(34-25)20-17-6-2-4-8-19(17)30(23(20)32)13-15-5-1-3-7-18(15)27/h1-12H,13H2. The van der Waals surface area contributed by atoms with Crippen LogP contribution in [-0.2, 0) is 11.3 Å². The fourth-order valence-corrected chi connectivity index (χ4v) is 5.06. The van der Waals surface area contributed by atoms with Gasteiger partial charge in [0.15, 0.2) is 5.82 Å². The van der Waals surface area contributed by atoms with Crippen molar-refractivity contribution < 1.29 is 13.6 Å². The largest absolute Gasteiger partial charge is 0.303 e. The molecule has 0 N–H and O–H groups in total. The molecule has 9 heteroatoms. The van der Waals surface area contributed by atoms with Gasteiger partial charge in [-0.2, -0.15) is 9.50 Å². The Bertz CT molecular complexity index is 1710. The average molecular weight is 472 g/mol. The second-order valence-corrected chi connectivity index (χ2v) is 8.73. The van der Waals surface area contributed by atoms with Crippen LogP contribution in [0.15, 0.2) is 77.6 Å². The molecule has 1 aliphatic heterocycles. The van der Waals surface area contributed by atoms with E-state index in [1.165, 1.54) is 35.2 Å². The number of para-hydroxylation sites is 1. The zero-order valence-electron chi connectivity index (χ0n) is 17.4. The molecular weight excluding hydrogens is 458 g/mol. The van der Waals surface area contributed by atoms with E-state index < -0.39 is 11.4 Å². The molecule has 1 aliphatic rings. The minimum absolute atomic E-state index is 0.0374. The summed E-state index contributed by atoms with van der Waals surface area (Å²) in [7, 11) is 0. The third-order valence-electron chi connectivity index (χ3n) is 5.70. The van der Waals surface area contributed by atoms with Crippen LogP contribution in [0.1, 0.15) is 11.1 Å². The second kappa shape index (κ2) is 7.67. The first-order valence-corrected chi connectivity index (χ1v) is 11.2. The Balaban J connectivity index is 1.50. The Morgan fingerprint density at radius 1 is 0.882 bits per heavy atom. The number of rotatable bonds is 3. The van der Waals surface area contributed by atoms with Crippen molar-refractivity contribution >= 4 is 33.5 Å². The molecule has 0 fully saturated rings. The van der Waals surface area contributed by atoms with E-state index >= 15 is 0 Å². The van der Waals surface area contributed by atoms with Crippen molar-refractivity contribution in [2.45, 2.75) is 6.54 Å². The number of thiazole rings is 1. The molecule has 166 valence electrons. The minimum atomic E-state index is -0.466. The number of fused-ring (bicyclic) bond motifs is 2. The van der Waals surface area contributed by atoms with Crippen LogP contribution < -0.4 is 15.0 Å². The highest BCUT2D eigenvalue weighted by atomic mass is 32.1. The summed E-state index contributed by atoms with van der Waals surface area (Å²) < 4.78 is 28.9. The molecule has 0 saturated carbocycles. The van der Waals surface area contributed by atoms with Crippen molar-refractivity contribution in [3.05, 3.63) is 110 Å². The van der Waals surface area contributed by atoms with Gasteiger partial charge >= 0.3 is 0 Å². The van der Waals surface area contributed by atoms with E-state index in [2.05, 4.69) is 10.1 Å². The molecular formula is C25H14F2N4O2S. The summed E-state index contributed by atoms with van der Waals surface area (Å²) >= 11 is 1.06. The molecule has 0 atom stereocenters. The Morgan fingerprint density at radius 3 is 2.38 bits per heavy atom. The van der Waals surface area contributed by atoms with Crippen molar-refractivity contribution in [2.75, 3.05) is 4.90 Å². The molecule has 2 aromatic heterocycles. The lowest BCUT2D eigenvalue weighted by Gasteiger charge is -2.17. The van der Waals surface area contributed by atoms with Gasteiger partial charge in [-0.1, -0.05) is 47.7 Å². The predicted molar refractivity (Wildman–Crippen MR) is 124 cm³/mol. The van der Waals surface area contributed by atoms with E-state index in [0.717, 1.165) is 15.9 Å². The highest BCUT2D eigenvalue weighted by molar-refractivity contribution is 7.15. The highest BCUT2D eigenvalue weighted by Crippen LogP contribution is 2.36. The SMILES string of the molecule is O=C1C(=c2sc3nc(-c4ccc(F)cc4)nn3c2=O)c2ccccc2N1Cc1ccccc1F. The molecule has 0 spiro atoms. The summed E-state index contributed by atoms with van der Waals surface area (Å²) in [6.07, 6.45) is 0. The van der Waals surface area contributed by atoms with Crippen LogP contribution in [-0.4, -0.2) is 20.5 Å². The highest BCUT2D eigenvalue weighted by Gasteiger charge is 2.34. The summed E-state index contributed by atoms with van der Waals surface area (Å²) in [5.41, 5.74) is 1.94. The van der Waals surface area contributed by atoms with E-state index in [9.17, 15) is 18.4 Å². The maximum Gasteiger partial charge on any atom is 0.291 e. The topological polar surface area (TPSA) is 67.6 Å². The van der Waals surface area contributed by atoms with E-state index in [1.807, 2.05) is 0 Å². The van der Waals surface area contributed by atoms with Crippen LogP contribution in [0.2, 0.25) is 0 Å². The number of carbonyl (C=O) groups excluding carboxylic acids is 1. The molecule has 3 heterocycles. The van der Waals surface area contributed by atoms with Gasteiger partial charge in [-0.25, -0.2) is 8.78 Å². The second-order valence-electron chi connectivity index (χ2n) is 7.75. The van der Waals surface area contributed by atoms with Gasteiger partial charge in [-0.15, -0.1) is 5.10 Å². The van der Waals surface area contributed by atoms with Crippen molar-refractivity contribution in [3.63, 3.8) is 0 Å². The minimum Gasteiger partial charge on any atom is -0.303 e. The predicted octanol–water partition coefficient (Wildman–Crippen LogP) is 3.56. The van der Waals surface area contributed by atoms with Gasteiger partial charge in [0.05, 0.1) is 17.8 Å². The number of hydrogen-bond donors (Lipinski definition) is 0. The smallest absolute Gasteiger partial charge is 0.291 e. The van der Waals surface area contributed by atoms with Crippen LogP contribution in [0.4, 0.5) is 14.5 Å². The average Bonchev–Trinajstić information content (AvgIpc) is 3.47. The van der Waals surface area contributed by atoms with Gasteiger partial charge in [0.1, 0.15) is 16.2 Å². The molecule has 0 saturated heterocycles. The maximum absolute atomic E-state index is 14.3. The van der Waals surface area contributed by atoms with Gasteiger partial charge in [0, 0.05) is 16.7 Å². The quantitative estimate of drug-likeness (QED) is 0.403. The number of nitrogens with zero attached hydrogens (tertiary/aromatic N) is 4. The molecule has 0 radical (unpaired) electrons. The third-order valence-corrected chi connectivity index (χ3v) is 6.73. The van der Waals surface area contributed by atoms with Crippen LogP contribution in [0, 0.1) is 11.6 Å². The van der Waals surface area contributed by atoms with Gasteiger partial charge in [-0.3, -0.25) is 9.59 Å². The monoisotopic (exact) mass is 472 g/mol. The number of aromatic nitrogens is 3. The van der Waals surface area contributed by atoms with Gasteiger partial charge < -0.3 is 4.90 Å².